The van der Waals surface area contributed by atoms with Gasteiger partial charge in [0.05, 0.1) is 0 Å². The molecule has 1 fully saturated rings. The maximum atomic E-state index is 10.5. The molecule has 21 heavy (non-hydrogen) atoms. The van der Waals surface area contributed by atoms with Gasteiger partial charge in [0.2, 0.25) is 0 Å². The van der Waals surface area contributed by atoms with E-state index in [0.29, 0.717) is 11.7 Å². The van der Waals surface area contributed by atoms with E-state index in [1.54, 1.807) is 6.07 Å². The van der Waals surface area contributed by atoms with Crippen LogP contribution in [0.5, 0.6) is 5.75 Å². The Balaban J connectivity index is 1.61. The molecule has 1 aliphatic rings. The van der Waals surface area contributed by atoms with Crippen LogP contribution in [0.3, 0.4) is 0 Å². The lowest BCUT2D eigenvalue weighted by Gasteiger charge is -2.41. The fraction of sp³-hybridized carbons (Fsp3) is 0.235. The van der Waals surface area contributed by atoms with Crippen molar-refractivity contribution in [3.8, 4) is 5.75 Å². The Morgan fingerprint density at radius 2 is 1.90 bits per heavy atom. The number of aliphatic carboxylic acids is 1. The summed E-state index contributed by atoms with van der Waals surface area (Å²) in [5, 5.41) is 8.64. The van der Waals surface area contributed by atoms with Gasteiger partial charge < -0.3 is 14.7 Å². The molecular weight excluding hydrogens is 266 g/mol. The van der Waals surface area contributed by atoms with Crippen molar-refractivity contribution in [3.63, 3.8) is 0 Å². The lowest BCUT2D eigenvalue weighted by Crippen LogP contribution is -2.45. The van der Waals surface area contributed by atoms with Crippen molar-refractivity contribution in [3.05, 3.63) is 60.2 Å². The van der Waals surface area contributed by atoms with Crippen molar-refractivity contribution >= 4 is 11.7 Å². The third-order valence-corrected chi connectivity index (χ3v) is 3.70. The fourth-order valence-electron chi connectivity index (χ4n) is 2.54. The molecule has 0 aliphatic carbocycles. The molecule has 4 heteroatoms. The Labute approximate surface area is 123 Å². The summed E-state index contributed by atoms with van der Waals surface area (Å²) >= 11 is 0. The molecule has 0 spiro atoms. The molecular formula is C17H17NO3. The number of benzene rings is 2. The smallest absolute Gasteiger partial charge is 0.341 e. The van der Waals surface area contributed by atoms with E-state index in [1.165, 1.54) is 5.56 Å². The Morgan fingerprint density at radius 1 is 1.14 bits per heavy atom. The second-order valence-corrected chi connectivity index (χ2v) is 5.19. The van der Waals surface area contributed by atoms with E-state index in [1.807, 2.05) is 24.3 Å². The van der Waals surface area contributed by atoms with E-state index in [4.69, 9.17) is 9.84 Å². The van der Waals surface area contributed by atoms with Crippen LogP contribution in [0.2, 0.25) is 0 Å². The van der Waals surface area contributed by atoms with Gasteiger partial charge in [0.15, 0.2) is 6.61 Å². The summed E-state index contributed by atoms with van der Waals surface area (Å²) < 4.78 is 5.21. The van der Waals surface area contributed by atoms with Crippen LogP contribution in [-0.2, 0) is 4.79 Å². The highest BCUT2D eigenvalue weighted by Gasteiger charge is 2.28. The van der Waals surface area contributed by atoms with Gasteiger partial charge in [-0.05, 0) is 17.7 Å². The van der Waals surface area contributed by atoms with Crippen LogP contribution in [0.4, 0.5) is 5.69 Å². The van der Waals surface area contributed by atoms with Gasteiger partial charge in [-0.2, -0.15) is 0 Å². The minimum absolute atomic E-state index is 0.309. The van der Waals surface area contributed by atoms with Gasteiger partial charge in [-0.3, -0.25) is 0 Å². The number of carboxylic acids is 1. The maximum Gasteiger partial charge on any atom is 0.341 e. The van der Waals surface area contributed by atoms with Crippen molar-refractivity contribution in [2.24, 2.45) is 0 Å². The van der Waals surface area contributed by atoms with Crippen LogP contribution in [0.15, 0.2) is 54.6 Å². The molecule has 0 bridgehead atoms. The molecule has 0 aromatic heterocycles. The van der Waals surface area contributed by atoms with Crippen molar-refractivity contribution < 1.29 is 14.6 Å². The van der Waals surface area contributed by atoms with Crippen molar-refractivity contribution in [1.29, 1.82) is 0 Å². The average Bonchev–Trinajstić information content (AvgIpc) is 2.45. The standard InChI is InChI=1S/C17H17NO3/c19-17(20)12-21-16-8-4-7-15(9-16)18-10-14(11-18)13-5-2-1-3-6-13/h1-9,14H,10-12H2,(H,19,20). The Bertz CT molecular complexity index is 621. The maximum absolute atomic E-state index is 10.5. The first-order valence-corrected chi connectivity index (χ1v) is 6.97. The Morgan fingerprint density at radius 3 is 2.62 bits per heavy atom. The molecule has 108 valence electrons. The minimum Gasteiger partial charge on any atom is -0.482 e. The molecule has 1 N–H and O–H groups in total. The summed E-state index contributed by atoms with van der Waals surface area (Å²) in [4.78, 5) is 12.8. The number of anilines is 1. The van der Waals surface area contributed by atoms with Gasteiger partial charge in [0, 0.05) is 30.8 Å². The van der Waals surface area contributed by atoms with Crippen LogP contribution in [0.25, 0.3) is 0 Å². The normalized spacial score (nSPS) is 14.6. The molecule has 0 radical (unpaired) electrons. The number of rotatable bonds is 5. The Kier molecular flexibility index (Phi) is 3.77. The highest BCUT2D eigenvalue weighted by molar-refractivity contribution is 5.68. The van der Waals surface area contributed by atoms with E-state index in [9.17, 15) is 4.79 Å². The first-order chi connectivity index (χ1) is 10.2. The second kappa shape index (κ2) is 5.87. The zero-order chi connectivity index (χ0) is 14.7. The van der Waals surface area contributed by atoms with Crippen LogP contribution in [0.1, 0.15) is 11.5 Å². The number of hydrogen-bond acceptors (Lipinski definition) is 3. The van der Waals surface area contributed by atoms with E-state index >= 15 is 0 Å². The van der Waals surface area contributed by atoms with Gasteiger partial charge in [-0.25, -0.2) is 4.79 Å². The molecule has 2 aromatic carbocycles. The molecule has 3 rings (SSSR count). The molecule has 2 aromatic rings. The van der Waals surface area contributed by atoms with Crippen molar-refractivity contribution in [1.82, 2.24) is 0 Å². The highest BCUT2D eigenvalue weighted by Crippen LogP contribution is 2.32. The zero-order valence-electron chi connectivity index (χ0n) is 11.6. The van der Waals surface area contributed by atoms with Gasteiger partial charge in [-0.15, -0.1) is 0 Å². The van der Waals surface area contributed by atoms with Crippen LogP contribution in [-0.4, -0.2) is 30.8 Å². The summed E-state index contributed by atoms with van der Waals surface area (Å²) in [5.41, 5.74) is 2.44. The summed E-state index contributed by atoms with van der Waals surface area (Å²) in [6.07, 6.45) is 0. The Hall–Kier alpha value is -2.49. The van der Waals surface area contributed by atoms with E-state index in [2.05, 4.69) is 29.2 Å². The molecule has 0 amide bonds. The van der Waals surface area contributed by atoms with Gasteiger partial charge in [-0.1, -0.05) is 36.4 Å². The lowest BCUT2D eigenvalue weighted by molar-refractivity contribution is -0.139. The highest BCUT2D eigenvalue weighted by atomic mass is 16.5. The molecule has 0 saturated carbocycles. The van der Waals surface area contributed by atoms with E-state index < -0.39 is 5.97 Å². The lowest BCUT2D eigenvalue weighted by atomic mass is 9.91. The molecule has 1 saturated heterocycles. The van der Waals surface area contributed by atoms with Gasteiger partial charge in [0.1, 0.15) is 5.75 Å². The van der Waals surface area contributed by atoms with Crippen LogP contribution >= 0.6 is 0 Å². The first-order valence-electron chi connectivity index (χ1n) is 6.97. The third-order valence-electron chi connectivity index (χ3n) is 3.70. The first kappa shape index (κ1) is 13.5. The molecule has 4 nitrogen and oxygen atoms in total. The molecule has 0 atom stereocenters. The van der Waals surface area contributed by atoms with Gasteiger partial charge in [0.25, 0.3) is 0 Å². The zero-order valence-corrected chi connectivity index (χ0v) is 11.6. The van der Waals surface area contributed by atoms with E-state index in [-0.39, 0.29) is 6.61 Å². The van der Waals surface area contributed by atoms with Crippen molar-refractivity contribution in [2.45, 2.75) is 5.92 Å². The van der Waals surface area contributed by atoms with Gasteiger partial charge >= 0.3 is 5.97 Å². The molecule has 1 aliphatic heterocycles. The SMILES string of the molecule is O=C(O)COc1cccc(N2CC(c3ccccc3)C2)c1. The number of hydrogen-bond donors (Lipinski definition) is 1. The van der Waals surface area contributed by atoms with E-state index in [0.717, 1.165) is 18.8 Å². The number of carboxylic acid groups (broad SMARTS) is 1. The summed E-state index contributed by atoms with van der Waals surface area (Å²) in [5.74, 6) is 0.196. The predicted molar refractivity (Wildman–Crippen MR) is 81.0 cm³/mol. The van der Waals surface area contributed by atoms with Crippen molar-refractivity contribution in [2.75, 3.05) is 24.6 Å². The number of carbonyl (C=O) groups is 1. The molecule has 0 unspecified atom stereocenters. The topological polar surface area (TPSA) is 49.8 Å². The summed E-state index contributed by atoms with van der Waals surface area (Å²) in [6, 6.07) is 18.1. The fourth-order valence-corrected chi connectivity index (χ4v) is 2.54. The summed E-state index contributed by atoms with van der Waals surface area (Å²) in [6.45, 7) is 1.65. The number of nitrogens with zero attached hydrogens (tertiary/aromatic N) is 1. The quantitative estimate of drug-likeness (QED) is 0.916. The second-order valence-electron chi connectivity index (χ2n) is 5.19. The predicted octanol–water partition coefficient (Wildman–Crippen LogP) is 2.75. The monoisotopic (exact) mass is 283 g/mol. The molecule has 1 heterocycles. The minimum atomic E-state index is -0.964. The third kappa shape index (κ3) is 3.16. The van der Waals surface area contributed by atoms with Crippen LogP contribution < -0.4 is 9.64 Å². The largest absolute Gasteiger partial charge is 0.482 e. The average molecular weight is 283 g/mol. The summed E-state index contributed by atoms with van der Waals surface area (Å²) in [7, 11) is 0. The van der Waals surface area contributed by atoms with Crippen LogP contribution in [0, 0.1) is 0 Å². The number of ether oxygens (including phenoxy) is 1.